The number of benzene rings is 2. The number of nitrogens with zero attached hydrogens (tertiary/aromatic N) is 3. The van der Waals surface area contributed by atoms with Gasteiger partial charge in [0.15, 0.2) is 15.0 Å². The van der Waals surface area contributed by atoms with Gasteiger partial charge in [-0.25, -0.2) is 13.4 Å². The molecule has 3 aromatic rings. The summed E-state index contributed by atoms with van der Waals surface area (Å²) in [5.74, 6) is 0.270. The van der Waals surface area contributed by atoms with Gasteiger partial charge in [0.05, 0.1) is 28.0 Å². The maximum atomic E-state index is 12.6. The minimum absolute atomic E-state index is 0.0186. The number of piperazine rings is 1. The van der Waals surface area contributed by atoms with E-state index in [9.17, 15) is 13.2 Å². The zero-order chi connectivity index (χ0) is 22.7. The van der Waals surface area contributed by atoms with Crippen molar-refractivity contribution in [3.8, 4) is 5.75 Å². The normalized spacial score (nSPS) is 14.7. The summed E-state index contributed by atoms with van der Waals surface area (Å²) in [6, 6.07) is 12.6. The summed E-state index contributed by atoms with van der Waals surface area (Å²) in [5.41, 5.74) is 2.30. The molecular formula is C23H27N3O4S2. The molecule has 1 aliphatic heterocycles. The predicted molar refractivity (Wildman–Crippen MR) is 127 cm³/mol. The van der Waals surface area contributed by atoms with Crippen molar-refractivity contribution >= 4 is 42.4 Å². The van der Waals surface area contributed by atoms with Crippen molar-refractivity contribution < 1.29 is 17.9 Å². The van der Waals surface area contributed by atoms with E-state index in [2.05, 4.69) is 30.0 Å². The van der Waals surface area contributed by atoms with Gasteiger partial charge in [0.2, 0.25) is 5.91 Å². The van der Waals surface area contributed by atoms with Crippen LogP contribution in [0.4, 0.5) is 5.13 Å². The SMILES string of the molecule is CCc1ccc2nc(N3CCN(C(=O)CCS(=O)(=O)c4ccc(OC)cc4)CC3)sc2c1. The molecule has 1 saturated heterocycles. The van der Waals surface area contributed by atoms with E-state index in [1.165, 1.54) is 29.5 Å². The van der Waals surface area contributed by atoms with Gasteiger partial charge >= 0.3 is 0 Å². The van der Waals surface area contributed by atoms with Crippen molar-refractivity contribution in [2.75, 3.05) is 43.9 Å². The van der Waals surface area contributed by atoms with Crippen molar-refractivity contribution in [1.29, 1.82) is 0 Å². The van der Waals surface area contributed by atoms with Gasteiger partial charge in [0.25, 0.3) is 0 Å². The van der Waals surface area contributed by atoms with Gasteiger partial charge in [-0.2, -0.15) is 0 Å². The van der Waals surface area contributed by atoms with Crippen LogP contribution in [0.3, 0.4) is 0 Å². The van der Waals surface area contributed by atoms with Crippen molar-refractivity contribution in [3.05, 3.63) is 48.0 Å². The zero-order valence-electron chi connectivity index (χ0n) is 18.3. The highest BCUT2D eigenvalue weighted by Crippen LogP contribution is 2.30. The monoisotopic (exact) mass is 473 g/mol. The third-order valence-corrected chi connectivity index (χ3v) is 8.57. The average molecular weight is 474 g/mol. The molecule has 0 unspecified atom stereocenters. The molecule has 7 nitrogen and oxygen atoms in total. The third kappa shape index (κ3) is 4.88. The number of rotatable bonds is 7. The molecule has 4 rings (SSSR count). The molecule has 9 heteroatoms. The highest BCUT2D eigenvalue weighted by atomic mass is 32.2. The second-order valence-electron chi connectivity index (χ2n) is 7.76. The number of ether oxygens (including phenoxy) is 1. The molecular weight excluding hydrogens is 446 g/mol. The Morgan fingerprint density at radius 2 is 1.81 bits per heavy atom. The molecule has 2 heterocycles. The van der Waals surface area contributed by atoms with Crippen molar-refractivity contribution in [2.24, 2.45) is 0 Å². The maximum absolute atomic E-state index is 12.6. The van der Waals surface area contributed by atoms with Crippen LogP contribution >= 0.6 is 11.3 Å². The highest BCUT2D eigenvalue weighted by Gasteiger charge is 2.25. The van der Waals surface area contributed by atoms with Crippen LogP contribution in [-0.2, 0) is 21.1 Å². The van der Waals surface area contributed by atoms with Crippen LogP contribution in [0, 0.1) is 0 Å². The first kappa shape index (κ1) is 22.5. The molecule has 0 N–H and O–H groups in total. The summed E-state index contributed by atoms with van der Waals surface area (Å²) >= 11 is 1.68. The number of amides is 1. The van der Waals surface area contributed by atoms with Crippen LogP contribution in [-0.4, -0.2) is 63.3 Å². The standard InChI is InChI=1S/C23H27N3O4S2/c1-3-17-4-9-20-21(16-17)31-23(24-20)26-13-11-25(12-14-26)22(27)10-15-32(28,29)19-7-5-18(30-2)6-8-19/h4-9,16H,3,10-15H2,1-2H3. The number of aryl methyl sites for hydroxylation is 1. The van der Waals surface area contributed by atoms with E-state index in [1.54, 1.807) is 28.4 Å². The van der Waals surface area contributed by atoms with E-state index in [4.69, 9.17) is 9.72 Å². The lowest BCUT2D eigenvalue weighted by Gasteiger charge is -2.34. The Morgan fingerprint density at radius 3 is 2.47 bits per heavy atom. The van der Waals surface area contributed by atoms with Gasteiger partial charge in [-0.15, -0.1) is 0 Å². The molecule has 32 heavy (non-hydrogen) atoms. The number of thiazole rings is 1. The zero-order valence-corrected chi connectivity index (χ0v) is 19.9. The van der Waals surface area contributed by atoms with E-state index < -0.39 is 9.84 Å². The highest BCUT2D eigenvalue weighted by molar-refractivity contribution is 7.91. The Labute approximate surface area is 192 Å². The lowest BCUT2D eigenvalue weighted by Crippen LogP contribution is -2.49. The molecule has 0 bridgehead atoms. The summed E-state index contributed by atoms with van der Waals surface area (Å²) < 4.78 is 31.4. The summed E-state index contributed by atoms with van der Waals surface area (Å²) in [5, 5.41) is 0.974. The summed E-state index contributed by atoms with van der Waals surface area (Å²) in [6.45, 7) is 4.66. The molecule has 1 fully saturated rings. The Bertz CT molecular complexity index is 1200. The van der Waals surface area contributed by atoms with E-state index in [1.807, 2.05) is 0 Å². The van der Waals surface area contributed by atoms with Crippen LogP contribution < -0.4 is 9.64 Å². The minimum Gasteiger partial charge on any atom is -0.497 e. The fourth-order valence-electron chi connectivity index (χ4n) is 3.74. The van der Waals surface area contributed by atoms with Crippen molar-refractivity contribution in [2.45, 2.75) is 24.7 Å². The molecule has 0 spiro atoms. The van der Waals surface area contributed by atoms with Gasteiger partial charge in [-0.05, 0) is 48.4 Å². The fraction of sp³-hybridized carbons (Fsp3) is 0.391. The molecule has 1 amide bonds. The quantitative estimate of drug-likeness (QED) is 0.523. The second-order valence-corrected chi connectivity index (χ2v) is 10.9. The predicted octanol–water partition coefficient (Wildman–Crippen LogP) is 3.38. The number of hydrogen-bond donors (Lipinski definition) is 0. The molecule has 2 aromatic carbocycles. The summed E-state index contributed by atoms with van der Waals surface area (Å²) in [4.78, 5) is 21.6. The Kier molecular flexibility index (Phi) is 6.66. The van der Waals surface area contributed by atoms with Crippen LogP contribution in [0.15, 0.2) is 47.4 Å². The van der Waals surface area contributed by atoms with Gasteiger partial charge in [0.1, 0.15) is 5.75 Å². The summed E-state index contributed by atoms with van der Waals surface area (Å²) in [7, 11) is -1.99. The van der Waals surface area contributed by atoms with Gasteiger partial charge in [-0.3, -0.25) is 4.79 Å². The van der Waals surface area contributed by atoms with Crippen molar-refractivity contribution in [1.82, 2.24) is 9.88 Å². The first-order valence-corrected chi connectivity index (χ1v) is 13.2. The van der Waals surface area contributed by atoms with Crippen molar-refractivity contribution in [3.63, 3.8) is 0 Å². The number of anilines is 1. The Hall–Kier alpha value is -2.65. The Balaban J connectivity index is 1.32. The topological polar surface area (TPSA) is 79.8 Å². The smallest absolute Gasteiger partial charge is 0.223 e. The minimum atomic E-state index is -3.52. The molecule has 0 radical (unpaired) electrons. The van der Waals surface area contributed by atoms with E-state index in [-0.39, 0.29) is 23.0 Å². The third-order valence-electron chi connectivity index (χ3n) is 5.76. The fourth-order valence-corrected chi connectivity index (χ4v) is 6.05. The van der Waals surface area contributed by atoms with E-state index in [0.717, 1.165) is 17.1 Å². The lowest BCUT2D eigenvalue weighted by molar-refractivity contribution is -0.131. The van der Waals surface area contributed by atoms with Crippen LogP contribution in [0.1, 0.15) is 18.9 Å². The van der Waals surface area contributed by atoms with E-state index >= 15 is 0 Å². The number of sulfone groups is 1. The summed E-state index contributed by atoms with van der Waals surface area (Å²) in [6.07, 6.45) is 0.980. The van der Waals surface area contributed by atoms with Gasteiger partial charge in [0, 0.05) is 32.6 Å². The van der Waals surface area contributed by atoms with Crippen LogP contribution in [0.5, 0.6) is 5.75 Å². The second kappa shape index (κ2) is 9.46. The Morgan fingerprint density at radius 1 is 1.09 bits per heavy atom. The molecule has 0 saturated carbocycles. The van der Waals surface area contributed by atoms with Crippen LogP contribution in [0.25, 0.3) is 10.2 Å². The number of aromatic nitrogens is 1. The van der Waals surface area contributed by atoms with E-state index in [0.29, 0.717) is 31.9 Å². The van der Waals surface area contributed by atoms with Crippen LogP contribution in [0.2, 0.25) is 0 Å². The molecule has 0 atom stereocenters. The number of carbonyl (C=O) groups excluding carboxylic acids is 1. The number of carbonyl (C=O) groups is 1. The average Bonchev–Trinajstić information content (AvgIpc) is 3.26. The number of methoxy groups -OCH3 is 1. The number of hydrogen-bond acceptors (Lipinski definition) is 7. The number of fused-ring (bicyclic) bond motifs is 1. The molecule has 1 aromatic heterocycles. The molecule has 1 aliphatic rings. The first-order valence-electron chi connectivity index (χ1n) is 10.7. The first-order chi connectivity index (χ1) is 15.4. The maximum Gasteiger partial charge on any atom is 0.223 e. The lowest BCUT2D eigenvalue weighted by atomic mass is 10.2. The van der Waals surface area contributed by atoms with Gasteiger partial charge in [-0.1, -0.05) is 24.3 Å². The van der Waals surface area contributed by atoms with Gasteiger partial charge < -0.3 is 14.5 Å². The largest absolute Gasteiger partial charge is 0.497 e. The molecule has 0 aliphatic carbocycles. The molecule has 170 valence electrons.